The van der Waals surface area contributed by atoms with Crippen molar-refractivity contribution in [3.8, 4) is 5.75 Å². The lowest BCUT2D eigenvalue weighted by atomic mass is 9.85. The van der Waals surface area contributed by atoms with E-state index in [1.807, 2.05) is 31.2 Å². The third kappa shape index (κ3) is 4.39. The quantitative estimate of drug-likeness (QED) is 0.213. The summed E-state index contributed by atoms with van der Waals surface area (Å²) in [6.07, 6.45) is 1.03. The Morgan fingerprint density at radius 3 is 2.31 bits per heavy atom. The van der Waals surface area contributed by atoms with Crippen molar-refractivity contribution in [1.82, 2.24) is 0 Å². The first-order chi connectivity index (χ1) is 14.0. The van der Waals surface area contributed by atoms with Gasteiger partial charge in [0, 0.05) is 11.5 Å². The van der Waals surface area contributed by atoms with Crippen LogP contribution in [0.25, 0.3) is 10.8 Å². The number of unbranched alkanes of at least 4 members (excludes halogenated alkanes) is 2. The highest BCUT2D eigenvalue weighted by Gasteiger charge is 2.31. The molecule has 0 spiro atoms. The van der Waals surface area contributed by atoms with Crippen molar-refractivity contribution in [3.05, 3.63) is 77.1 Å². The molecular formula is C24H24F4O. The van der Waals surface area contributed by atoms with Gasteiger partial charge < -0.3 is 4.74 Å². The standard InChI is InChI=1S/C24H24F4O/c1-3-4-5-10-18(19-14-20(25)24(29-2)23(28)22(19)27)21(26)17-12-11-15-8-6-7-9-16(15)13-17/h6-9,11-14,18,21H,3-5,10H2,1-2H3. The summed E-state index contributed by atoms with van der Waals surface area (Å²) < 4.78 is 63.5. The van der Waals surface area contributed by atoms with Crippen molar-refractivity contribution in [2.75, 3.05) is 7.11 Å². The molecule has 1 nitrogen and oxygen atoms in total. The van der Waals surface area contributed by atoms with Crippen LogP contribution in [0.2, 0.25) is 0 Å². The number of ether oxygens (including phenoxy) is 1. The minimum absolute atomic E-state index is 0.282. The van der Waals surface area contributed by atoms with E-state index in [1.54, 1.807) is 18.2 Å². The highest BCUT2D eigenvalue weighted by Crippen LogP contribution is 2.42. The van der Waals surface area contributed by atoms with E-state index in [0.29, 0.717) is 12.0 Å². The molecule has 2 unspecified atom stereocenters. The van der Waals surface area contributed by atoms with E-state index in [1.165, 1.54) is 0 Å². The number of alkyl halides is 1. The van der Waals surface area contributed by atoms with E-state index in [4.69, 9.17) is 0 Å². The predicted molar refractivity (Wildman–Crippen MR) is 108 cm³/mol. The van der Waals surface area contributed by atoms with Crippen LogP contribution in [0, 0.1) is 17.5 Å². The largest absolute Gasteiger partial charge is 0.491 e. The zero-order valence-corrected chi connectivity index (χ0v) is 16.5. The van der Waals surface area contributed by atoms with Crippen molar-refractivity contribution in [2.24, 2.45) is 0 Å². The number of fused-ring (bicyclic) bond motifs is 1. The molecule has 3 aromatic carbocycles. The van der Waals surface area contributed by atoms with Gasteiger partial charge >= 0.3 is 0 Å². The Hall–Kier alpha value is -2.56. The van der Waals surface area contributed by atoms with Gasteiger partial charge in [-0.25, -0.2) is 13.2 Å². The molecule has 29 heavy (non-hydrogen) atoms. The summed E-state index contributed by atoms with van der Waals surface area (Å²) in [5.41, 5.74) is 0.0683. The Kier molecular flexibility index (Phi) is 6.78. The minimum Gasteiger partial charge on any atom is -0.491 e. The first-order valence-corrected chi connectivity index (χ1v) is 9.82. The van der Waals surface area contributed by atoms with Crippen LogP contribution in [0.15, 0.2) is 48.5 Å². The van der Waals surface area contributed by atoms with Crippen LogP contribution in [-0.4, -0.2) is 7.11 Å². The molecule has 0 fully saturated rings. The smallest absolute Gasteiger partial charge is 0.203 e. The molecule has 5 heteroatoms. The summed E-state index contributed by atoms with van der Waals surface area (Å²) in [5.74, 6) is -5.51. The first-order valence-electron chi connectivity index (χ1n) is 9.82. The van der Waals surface area contributed by atoms with Gasteiger partial charge in [-0.15, -0.1) is 0 Å². The van der Waals surface area contributed by atoms with Gasteiger partial charge in [-0.2, -0.15) is 4.39 Å². The summed E-state index contributed by atoms with van der Waals surface area (Å²) >= 11 is 0. The van der Waals surface area contributed by atoms with Gasteiger partial charge in [-0.3, -0.25) is 0 Å². The zero-order valence-electron chi connectivity index (χ0n) is 16.5. The molecule has 3 rings (SSSR count). The molecule has 0 aliphatic heterocycles. The van der Waals surface area contributed by atoms with E-state index in [0.717, 1.165) is 36.8 Å². The number of methoxy groups -OCH3 is 1. The maximum atomic E-state index is 15.6. The Bertz CT molecular complexity index is 986. The molecule has 0 aromatic heterocycles. The van der Waals surface area contributed by atoms with Crippen LogP contribution in [-0.2, 0) is 0 Å². The molecule has 154 valence electrons. The average Bonchev–Trinajstić information content (AvgIpc) is 2.74. The zero-order chi connectivity index (χ0) is 21.0. The number of rotatable bonds is 8. The maximum absolute atomic E-state index is 15.6. The predicted octanol–water partition coefficient (Wildman–Crippen LogP) is 7.64. The highest BCUT2D eigenvalue weighted by molar-refractivity contribution is 5.83. The van der Waals surface area contributed by atoms with Crippen molar-refractivity contribution < 1.29 is 22.3 Å². The van der Waals surface area contributed by atoms with E-state index in [9.17, 15) is 13.2 Å². The second kappa shape index (κ2) is 9.29. The Morgan fingerprint density at radius 2 is 1.62 bits per heavy atom. The van der Waals surface area contributed by atoms with Gasteiger partial charge in [0.2, 0.25) is 5.82 Å². The van der Waals surface area contributed by atoms with Crippen molar-refractivity contribution >= 4 is 10.8 Å². The van der Waals surface area contributed by atoms with E-state index in [-0.39, 0.29) is 12.0 Å². The van der Waals surface area contributed by atoms with Gasteiger partial charge in [0.15, 0.2) is 17.4 Å². The molecule has 0 saturated heterocycles. The molecule has 0 radical (unpaired) electrons. The maximum Gasteiger partial charge on any atom is 0.203 e. The fourth-order valence-corrected chi connectivity index (χ4v) is 3.74. The van der Waals surface area contributed by atoms with Gasteiger partial charge in [0.05, 0.1) is 7.11 Å². The fourth-order valence-electron chi connectivity index (χ4n) is 3.74. The van der Waals surface area contributed by atoms with Gasteiger partial charge in [0.25, 0.3) is 0 Å². The Balaban J connectivity index is 2.04. The molecule has 0 bridgehead atoms. The van der Waals surface area contributed by atoms with Crippen molar-refractivity contribution in [3.63, 3.8) is 0 Å². The van der Waals surface area contributed by atoms with Gasteiger partial charge in [-0.05, 0) is 34.9 Å². The van der Waals surface area contributed by atoms with Gasteiger partial charge in [0.1, 0.15) is 6.17 Å². The number of benzene rings is 3. The van der Waals surface area contributed by atoms with Crippen LogP contribution in [0.3, 0.4) is 0 Å². The van der Waals surface area contributed by atoms with Crippen LogP contribution in [0.1, 0.15) is 55.8 Å². The van der Waals surface area contributed by atoms with E-state index >= 15 is 4.39 Å². The molecule has 2 atom stereocenters. The second-order valence-electron chi connectivity index (χ2n) is 7.22. The number of hydrogen-bond donors (Lipinski definition) is 0. The molecular weight excluding hydrogens is 380 g/mol. The summed E-state index contributed by atoms with van der Waals surface area (Å²) in [4.78, 5) is 0. The molecule has 0 amide bonds. The lowest BCUT2D eigenvalue weighted by molar-refractivity contribution is 0.264. The molecule has 0 aliphatic carbocycles. The Morgan fingerprint density at radius 1 is 0.897 bits per heavy atom. The van der Waals surface area contributed by atoms with Crippen LogP contribution in [0.4, 0.5) is 17.6 Å². The topological polar surface area (TPSA) is 9.23 Å². The van der Waals surface area contributed by atoms with Crippen molar-refractivity contribution in [2.45, 2.75) is 44.7 Å². The summed E-state index contributed by atoms with van der Waals surface area (Å²) in [7, 11) is 1.06. The average molecular weight is 404 g/mol. The molecule has 3 aromatic rings. The van der Waals surface area contributed by atoms with Crippen LogP contribution in [0.5, 0.6) is 5.75 Å². The summed E-state index contributed by atoms with van der Waals surface area (Å²) in [5, 5.41) is 1.81. The number of hydrogen-bond acceptors (Lipinski definition) is 1. The van der Waals surface area contributed by atoms with Crippen molar-refractivity contribution in [1.29, 1.82) is 0 Å². The molecule has 0 aliphatic rings. The normalized spacial score (nSPS) is 13.4. The van der Waals surface area contributed by atoms with E-state index in [2.05, 4.69) is 4.74 Å². The molecule has 0 heterocycles. The third-order valence-electron chi connectivity index (χ3n) is 5.31. The highest BCUT2D eigenvalue weighted by atomic mass is 19.2. The SMILES string of the molecule is CCCCCC(c1cc(F)c(OC)c(F)c1F)C(F)c1ccc2ccccc2c1. The summed E-state index contributed by atoms with van der Waals surface area (Å²) in [6, 6.07) is 13.5. The lowest BCUT2D eigenvalue weighted by Gasteiger charge is -2.24. The number of halogens is 4. The van der Waals surface area contributed by atoms with Gasteiger partial charge in [-0.1, -0.05) is 62.6 Å². The third-order valence-corrected chi connectivity index (χ3v) is 5.31. The fraction of sp³-hybridized carbons (Fsp3) is 0.333. The van der Waals surface area contributed by atoms with Crippen LogP contribution < -0.4 is 4.74 Å². The minimum atomic E-state index is -1.60. The van der Waals surface area contributed by atoms with E-state index < -0.39 is 35.3 Å². The van der Waals surface area contributed by atoms with Crippen LogP contribution >= 0.6 is 0 Å². The lowest BCUT2D eigenvalue weighted by Crippen LogP contribution is -2.12. The molecule has 0 saturated carbocycles. The second-order valence-corrected chi connectivity index (χ2v) is 7.22. The monoisotopic (exact) mass is 404 g/mol. The Labute approximate surface area is 168 Å². The summed E-state index contributed by atoms with van der Waals surface area (Å²) in [6.45, 7) is 2.00. The molecule has 0 N–H and O–H groups in total. The first kappa shape index (κ1) is 21.2.